The van der Waals surface area contributed by atoms with Crippen LogP contribution in [0, 0.1) is 0 Å². The molecule has 1 amide bonds. The topological polar surface area (TPSA) is 92.2 Å². The van der Waals surface area contributed by atoms with E-state index in [1.807, 2.05) is 30.3 Å². The molecule has 3 aromatic carbocycles. The van der Waals surface area contributed by atoms with Gasteiger partial charge in [-0.15, -0.1) is 0 Å². The van der Waals surface area contributed by atoms with Gasteiger partial charge in [0.15, 0.2) is 5.54 Å². The first-order valence-electron chi connectivity index (χ1n) is 14.0. The molecule has 0 spiro atoms. The summed E-state index contributed by atoms with van der Waals surface area (Å²) in [6.45, 7) is 1.43. The second-order valence-electron chi connectivity index (χ2n) is 10.3. The standard InChI is InChI=1S/C32H31F6N3O4/c1-21-30(14-5-9-22-7-3-2-4-8-22,40-28(45-21)24-10-12-27(13-11-24)44-16-6-15-42)29(43)41-39-20-23-17-25(31(33,34)35)19-26(18-23)32(36,37)38/h2-5,7-13,17-19,21,39,42H,6,14-16,20H2,1H3,(H,41,43)/b9-5+/t21-,30-/m0/s1. The van der Waals surface area contributed by atoms with Crippen molar-refractivity contribution in [3.8, 4) is 5.75 Å². The Hall–Kier alpha value is -4.36. The molecule has 2 atom stereocenters. The highest BCUT2D eigenvalue weighted by Crippen LogP contribution is 2.37. The number of aliphatic hydroxyl groups is 1. The average molecular weight is 636 g/mol. The number of carbonyl (C=O) groups excluding carboxylic acids is 1. The summed E-state index contributed by atoms with van der Waals surface area (Å²) in [5.74, 6) is 0.0242. The number of hydrazine groups is 1. The van der Waals surface area contributed by atoms with E-state index in [1.165, 1.54) is 0 Å². The highest BCUT2D eigenvalue weighted by atomic mass is 19.4. The summed E-state index contributed by atoms with van der Waals surface area (Å²) >= 11 is 0. The molecule has 13 heteroatoms. The number of carbonyl (C=O) groups is 1. The van der Waals surface area contributed by atoms with Gasteiger partial charge in [0.1, 0.15) is 11.9 Å². The molecule has 4 rings (SSSR count). The van der Waals surface area contributed by atoms with Gasteiger partial charge in [0.25, 0.3) is 5.91 Å². The summed E-state index contributed by atoms with van der Waals surface area (Å²) < 4.78 is 91.3. The molecule has 1 heterocycles. The van der Waals surface area contributed by atoms with Crippen LogP contribution in [-0.2, 0) is 28.4 Å². The molecular weight excluding hydrogens is 604 g/mol. The minimum Gasteiger partial charge on any atom is -0.494 e. The Morgan fingerprint density at radius 1 is 1.00 bits per heavy atom. The first-order chi connectivity index (χ1) is 21.3. The number of aliphatic hydroxyl groups excluding tert-OH is 1. The Bertz CT molecular complexity index is 1480. The van der Waals surface area contributed by atoms with Crippen LogP contribution in [0.1, 0.15) is 47.6 Å². The van der Waals surface area contributed by atoms with E-state index in [-0.39, 0.29) is 30.6 Å². The molecule has 3 aromatic rings. The number of ether oxygens (including phenoxy) is 2. The van der Waals surface area contributed by atoms with Gasteiger partial charge in [-0.2, -0.15) is 26.3 Å². The van der Waals surface area contributed by atoms with Crippen LogP contribution in [0.2, 0.25) is 0 Å². The highest BCUT2D eigenvalue weighted by molar-refractivity contribution is 6.00. The number of aliphatic imine (C=N–C) groups is 1. The Balaban J connectivity index is 1.56. The summed E-state index contributed by atoms with van der Waals surface area (Å²) in [4.78, 5) is 18.3. The second kappa shape index (κ2) is 14.2. The average Bonchev–Trinajstić information content (AvgIpc) is 3.34. The Labute approximate surface area is 255 Å². The number of hydrogen-bond acceptors (Lipinski definition) is 6. The molecule has 3 N–H and O–H groups in total. The monoisotopic (exact) mass is 635 g/mol. The van der Waals surface area contributed by atoms with E-state index in [9.17, 15) is 31.1 Å². The second-order valence-corrected chi connectivity index (χ2v) is 10.3. The minimum absolute atomic E-state index is 0.00706. The van der Waals surface area contributed by atoms with Crippen LogP contribution in [0.3, 0.4) is 0 Å². The van der Waals surface area contributed by atoms with Crippen molar-refractivity contribution in [3.63, 3.8) is 0 Å². The highest BCUT2D eigenvalue weighted by Gasteiger charge is 2.49. The van der Waals surface area contributed by atoms with Crippen LogP contribution in [0.25, 0.3) is 6.08 Å². The Morgan fingerprint density at radius 3 is 2.24 bits per heavy atom. The Morgan fingerprint density at radius 2 is 1.64 bits per heavy atom. The van der Waals surface area contributed by atoms with Gasteiger partial charge < -0.3 is 14.6 Å². The molecule has 0 bridgehead atoms. The van der Waals surface area contributed by atoms with Gasteiger partial charge in [0, 0.05) is 31.6 Å². The summed E-state index contributed by atoms with van der Waals surface area (Å²) in [5, 5.41) is 8.93. The van der Waals surface area contributed by atoms with E-state index in [2.05, 4.69) is 15.8 Å². The van der Waals surface area contributed by atoms with Gasteiger partial charge in [-0.1, -0.05) is 42.5 Å². The van der Waals surface area contributed by atoms with Crippen molar-refractivity contribution >= 4 is 17.9 Å². The molecule has 7 nitrogen and oxygen atoms in total. The smallest absolute Gasteiger partial charge is 0.416 e. The zero-order valence-electron chi connectivity index (χ0n) is 24.1. The van der Waals surface area contributed by atoms with Crippen LogP contribution in [0.4, 0.5) is 26.3 Å². The largest absolute Gasteiger partial charge is 0.494 e. The summed E-state index contributed by atoms with van der Waals surface area (Å²) in [6.07, 6.45) is -6.75. The predicted molar refractivity (Wildman–Crippen MR) is 155 cm³/mol. The number of rotatable bonds is 12. The number of hydrogen-bond donors (Lipinski definition) is 3. The molecule has 240 valence electrons. The molecule has 1 aliphatic heterocycles. The van der Waals surface area contributed by atoms with E-state index >= 15 is 0 Å². The quantitative estimate of drug-likeness (QED) is 0.123. The lowest BCUT2D eigenvalue weighted by Gasteiger charge is -2.27. The van der Waals surface area contributed by atoms with Crippen LogP contribution >= 0.6 is 0 Å². The number of amides is 1. The van der Waals surface area contributed by atoms with Crippen LogP contribution in [-0.4, -0.2) is 41.8 Å². The molecule has 0 fully saturated rings. The van der Waals surface area contributed by atoms with Gasteiger partial charge in [0.05, 0.1) is 17.7 Å². The fraction of sp³-hybridized carbons (Fsp3) is 0.312. The van der Waals surface area contributed by atoms with Crippen molar-refractivity contribution in [1.29, 1.82) is 0 Å². The maximum atomic E-state index is 13.6. The van der Waals surface area contributed by atoms with Gasteiger partial charge in [-0.05, 0) is 60.5 Å². The van der Waals surface area contributed by atoms with Crippen molar-refractivity contribution in [2.45, 2.75) is 50.3 Å². The van der Waals surface area contributed by atoms with Crippen LogP contribution in [0.5, 0.6) is 5.75 Å². The fourth-order valence-corrected chi connectivity index (χ4v) is 4.58. The molecular formula is C32H31F6N3O4. The normalized spacial score (nSPS) is 18.5. The van der Waals surface area contributed by atoms with E-state index in [4.69, 9.17) is 14.6 Å². The van der Waals surface area contributed by atoms with E-state index in [1.54, 1.807) is 43.3 Å². The maximum Gasteiger partial charge on any atom is 0.416 e. The molecule has 1 aliphatic rings. The SMILES string of the molecule is C[C@@H]1OC(c2ccc(OCCCO)cc2)=N[C@]1(C/C=C/c1ccccc1)C(=O)NNCc1cc(C(F)(F)F)cc(C(F)(F)F)c1. The fourth-order valence-electron chi connectivity index (χ4n) is 4.58. The summed E-state index contributed by atoms with van der Waals surface area (Å²) in [7, 11) is 0. The molecule has 0 unspecified atom stereocenters. The summed E-state index contributed by atoms with van der Waals surface area (Å²) in [5.41, 5.74) is 1.49. The van der Waals surface area contributed by atoms with Gasteiger partial charge in [0.2, 0.25) is 5.90 Å². The molecule has 0 saturated heterocycles. The van der Waals surface area contributed by atoms with Crippen LogP contribution in [0.15, 0.2) is 83.9 Å². The van der Waals surface area contributed by atoms with Crippen molar-refractivity contribution in [1.82, 2.24) is 10.9 Å². The number of halogens is 6. The predicted octanol–water partition coefficient (Wildman–Crippen LogP) is 6.31. The van der Waals surface area contributed by atoms with Gasteiger partial charge in [-0.3, -0.25) is 10.2 Å². The Kier molecular flexibility index (Phi) is 10.6. The van der Waals surface area contributed by atoms with E-state index in [0.717, 1.165) is 5.56 Å². The molecule has 0 aliphatic carbocycles. The zero-order chi connectivity index (χ0) is 32.7. The molecule has 45 heavy (non-hydrogen) atoms. The minimum atomic E-state index is -5.00. The molecule has 0 aromatic heterocycles. The van der Waals surface area contributed by atoms with Gasteiger partial charge in [-0.25, -0.2) is 10.4 Å². The van der Waals surface area contributed by atoms with Crippen molar-refractivity contribution in [3.05, 3.63) is 107 Å². The van der Waals surface area contributed by atoms with Gasteiger partial charge >= 0.3 is 12.4 Å². The van der Waals surface area contributed by atoms with Crippen LogP contribution < -0.4 is 15.6 Å². The molecule has 0 saturated carbocycles. The first-order valence-corrected chi connectivity index (χ1v) is 14.0. The lowest BCUT2D eigenvalue weighted by molar-refractivity contribution is -0.143. The lowest BCUT2D eigenvalue weighted by atomic mass is 9.89. The van der Waals surface area contributed by atoms with Crippen molar-refractivity contribution in [2.75, 3.05) is 13.2 Å². The third-order valence-electron chi connectivity index (χ3n) is 7.01. The van der Waals surface area contributed by atoms with Crippen molar-refractivity contribution in [2.24, 2.45) is 4.99 Å². The lowest BCUT2D eigenvalue weighted by Crippen LogP contribution is -2.54. The first kappa shape index (κ1) is 33.5. The number of nitrogens with one attached hydrogen (secondary N) is 2. The maximum absolute atomic E-state index is 13.6. The molecule has 0 radical (unpaired) electrons. The van der Waals surface area contributed by atoms with Crippen molar-refractivity contribution < 1.29 is 45.7 Å². The zero-order valence-corrected chi connectivity index (χ0v) is 24.1. The van der Waals surface area contributed by atoms with E-state index < -0.39 is 47.6 Å². The number of nitrogens with zero attached hydrogens (tertiary/aromatic N) is 1. The number of alkyl halides is 6. The third kappa shape index (κ3) is 8.64. The number of benzene rings is 3. The third-order valence-corrected chi connectivity index (χ3v) is 7.01. The summed E-state index contributed by atoms with van der Waals surface area (Å²) in [6, 6.07) is 17.2. The van der Waals surface area contributed by atoms with E-state index in [0.29, 0.717) is 36.5 Å².